The topological polar surface area (TPSA) is 192 Å². The molecule has 7 rings (SSSR count). The largest absolute Gasteiger partial charge is 0.423 e. The lowest BCUT2D eigenvalue weighted by Crippen LogP contribution is -2.12. The number of benzene rings is 5. The third-order valence-electron chi connectivity index (χ3n) is 7.61. The van der Waals surface area contributed by atoms with Gasteiger partial charge in [0.25, 0.3) is 0 Å². The van der Waals surface area contributed by atoms with E-state index in [2.05, 4.69) is 9.47 Å². The molecule has 0 amide bonds. The lowest BCUT2D eigenvalue weighted by atomic mass is 10.1. The maximum Gasteiger partial charge on any atom is 0.347 e. The van der Waals surface area contributed by atoms with E-state index < -0.39 is 47.8 Å². The summed E-state index contributed by atoms with van der Waals surface area (Å²) in [5, 5.41) is 0. The van der Waals surface area contributed by atoms with Crippen molar-refractivity contribution in [3.63, 3.8) is 0 Å². The highest BCUT2D eigenvalue weighted by Gasteiger charge is 2.31. The molecule has 2 heterocycles. The molecule has 0 atom stereocenters. The molecule has 0 radical (unpaired) electrons. The number of esters is 8. The smallest absolute Gasteiger partial charge is 0.347 e. The second-order valence-corrected chi connectivity index (χ2v) is 11.0. The van der Waals surface area contributed by atoms with Crippen LogP contribution in [0, 0.1) is 0 Å². The highest BCUT2D eigenvalue weighted by atomic mass is 16.6. The number of carbonyl (C=O) groups is 8. The number of hydrogen-bond acceptors (Lipinski definition) is 14. The summed E-state index contributed by atoms with van der Waals surface area (Å²) in [7, 11) is 0. The summed E-state index contributed by atoms with van der Waals surface area (Å²) in [4.78, 5) is 97.2. The quantitative estimate of drug-likeness (QED) is 0.117. The monoisotopic (exact) mass is 698 g/mol. The van der Waals surface area contributed by atoms with Crippen molar-refractivity contribution in [1.82, 2.24) is 0 Å². The number of ether oxygens (including phenoxy) is 6. The molecule has 5 aromatic rings. The first-order valence-corrected chi connectivity index (χ1v) is 15.0. The summed E-state index contributed by atoms with van der Waals surface area (Å²) in [6, 6.07) is 24.2. The first kappa shape index (κ1) is 32.8. The highest BCUT2D eigenvalue weighted by molar-refractivity contribution is 6.15. The average molecular weight is 699 g/mol. The molecule has 52 heavy (non-hydrogen) atoms. The third-order valence-corrected chi connectivity index (χ3v) is 7.61. The van der Waals surface area contributed by atoms with E-state index in [1.165, 1.54) is 109 Å². The summed E-state index contributed by atoms with van der Waals surface area (Å²) >= 11 is 0. The molecule has 254 valence electrons. The molecule has 2 aliphatic heterocycles. The van der Waals surface area contributed by atoms with Crippen molar-refractivity contribution in [1.29, 1.82) is 0 Å². The van der Waals surface area contributed by atoms with Crippen LogP contribution in [-0.4, -0.2) is 47.8 Å². The third kappa shape index (κ3) is 6.62. The normalized spacial score (nSPS) is 12.6. The van der Waals surface area contributed by atoms with Gasteiger partial charge in [-0.25, -0.2) is 38.4 Å². The first-order valence-electron chi connectivity index (χ1n) is 15.0. The van der Waals surface area contributed by atoms with E-state index in [9.17, 15) is 38.4 Å². The van der Waals surface area contributed by atoms with E-state index in [-0.39, 0.29) is 67.5 Å². The van der Waals surface area contributed by atoms with Crippen molar-refractivity contribution in [3.05, 3.63) is 154 Å². The van der Waals surface area contributed by atoms with Gasteiger partial charge in [0.15, 0.2) is 0 Å². The van der Waals surface area contributed by atoms with Gasteiger partial charge in [-0.2, -0.15) is 0 Å². The zero-order chi connectivity index (χ0) is 36.5. The Labute approximate surface area is 291 Å². The van der Waals surface area contributed by atoms with Crippen molar-refractivity contribution in [2.24, 2.45) is 0 Å². The van der Waals surface area contributed by atoms with Gasteiger partial charge in [0.1, 0.15) is 23.0 Å². The molecule has 5 aromatic carbocycles. The fourth-order valence-corrected chi connectivity index (χ4v) is 4.98. The van der Waals surface area contributed by atoms with Crippen molar-refractivity contribution < 1.29 is 66.8 Å². The molecule has 0 saturated carbocycles. The van der Waals surface area contributed by atoms with Gasteiger partial charge in [0.05, 0.1) is 44.5 Å². The molecule has 14 heteroatoms. The molecule has 14 nitrogen and oxygen atoms in total. The predicted molar refractivity (Wildman–Crippen MR) is 172 cm³/mol. The van der Waals surface area contributed by atoms with E-state index in [4.69, 9.17) is 18.9 Å². The molecule has 0 bridgehead atoms. The lowest BCUT2D eigenvalue weighted by Gasteiger charge is -2.08. The Morgan fingerprint density at radius 2 is 0.577 bits per heavy atom. The van der Waals surface area contributed by atoms with Crippen LogP contribution in [0.3, 0.4) is 0 Å². The SMILES string of the molecule is O=C(Oc1ccc(OC(=O)c2ccc(C(=O)Oc3ccc4c(c3)C(=O)OC4=O)cc2)cc1)c1ccc(C(=O)Oc2ccc3c(c2)C(=O)OC3=O)cc1. The van der Waals surface area contributed by atoms with E-state index in [0.717, 1.165) is 0 Å². The van der Waals surface area contributed by atoms with Crippen LogP contribution in [0.4, 0.5) is 0 Å². The fraction of sp³-hybridized carbons (Fsp3) is 0. The summed E-state index contributed by atoms with van der Waals surface area (Å²) in [6.07, 6.45) is 0. The van der Waals surface area contributed by atoms with E-state index in [0.29, 0.717) is 0 Å². The standard InChI is InChI=1S/C38H18O14/c39-31(19-1-5-21(6-2-19)33(41)49-25-13-15-27-29(17-25)37(45)51-35(27)43)47-23-9-11-24(12-10-23)48-32(40)20-3-7-22(8-4-20)34(42)50-26-14-16-28-30(18-26)38(46)52-36(28)44/h1-18H. The van der Waals surface area contributed by atoms with Crippen molar-refractivity contribution in [2.75, 3.05) is 0 Å². The molecule has 0 spiro atoms. The van der Waals surface area contributed by atoms with Crippen molar-refractivity contribution in [3.8, 4) is 23.0 Å². The number of hydrogen-bond donors (Lipinski definition) is 0. The average Bonchev–Trinajstić information content (AvgIpc) is 3.60. The Hall–Kier alpha value is -7.74. The lowest BCUT2D eigenvalue weighted by molar-refractivity contribution is 0.0425. The van der Waals surface area contributed by atoms with Crippen LogP contribution in [0.15, 0.2) is 109 Å². The number of carbonyl (C=O) groups excluding carboxylic acids is 8. The maximum atomic E-state index is 12.7. The predicted octanol–water partition coefficient (Wildman–Crippen LogP) is 5.18. The minimum atomic E-state index is -0.839. The van der Waals surface area contributed by atoms with Crippen LogP contribution in [0.5, 0.6) is 23.0 Å². The fourth-order valence-electron chi connectivity index (χ4n) is 4.98. The van der Waals surface area contributed by atoms with Crippen molar-refractivity contribution in [2.45, 2.75) is 0 Å². The van der Waals surface area contributed by atoms with Gasteiger partial charge in [-0.3, -0.25) is 0 Å². The van der Waals surface area contributed by atoms with Crippen LogP contribution >= 0.6 is 0 Å². The van der Waals surface area contributed by atoms with Gasteiger partial charge in [-0.1, -0.05) is 0 Å². The van der Waals surface area contributed by atoms with Crippen LogP contribution < -0.4 is 18.9 Å². The van der Waals surface area contributed by atoms with Gasteiger partial charge in [-0.05, 0) is 109 Å². The Balaban J connectivity index is 0.904. The Morgan fingerprint density at radius 3 is 0.885 bits per heavy atom. The van der Waals surface area contributed by atoms with E-state index in [1.54, 1.807) is 0 Å². The Kier molecular flexibility index (Phi) is 8.38. The molecule has 0 aromatic heterocycles. The summed E-state index contributed by atoms with van der Waals surface area (Å²) < 4.78 is 30.3. The minimum Gasteiger partial charge on any atom is -0.423 e. The number of fused-ring (bicyclic) bond motifs is 2. The maximum absolute atomic E-state index is 12.7. The minimum absolute atomic E-state index is 0.0152. The highest BCUT2D eigenvalue weighted by Crippen LogP contribution is 2.27. The molecule has 0 N–H and O–H groups in total. The molecule has 2 aliphatic rings. The number of cyclic esters (lactones) is 4. The zero-order valence-electron chi connectivity index (χ0n) is 26.1. The Bertz CT molecular complexity index is 2200. The molecular formula is C38H18O14. The summed E-state index contributed by atoms with van der Waals surface area (Å²) in [5.41, 5.74) is 0.540. The zero-order valence-corrected chi connectivity index (χ0v) is 26.1. The molecule has 0 unspecified atom stereocenters. The summed E-state index contributed by atoms with van der Waals surface area (Å²) in [6.45, 7) is 0. The van der Waals surface area contributed by atoms with Crippen LogP contribution in [0.1, 0.15) is 82.9 Å². The molecule has 0 fully saturated rings. The van der Waals surface area contributed by atoms with Gasteiger partial charge in [0, 0.05) is 0 Å². The number of rotatable bonds is 8. The first-order chi connectivity index (χ1) is 25.0. The van der Waals surface area contributed by atoms with Gasteiger partial charge in [-0.15, -0.1) is 0 Å². The van der Waals surface area contributed by atoms with E-state index >= 15 is 0 Å². The van der Waals surface area contributed by atoms with E-state index in [1.807, 2.05) is 0 Å². The van der Waals surface area contributed by atoms with Crippen LogP contribution in [-0.2, 0) is 9.47 Å². The molecule has 0 saturated heterocycles. The van der Waals surface area contributed by atoms with Crippen LogP contribution in [0.2, 0.25) is 0 Å². The van der Waals surface area contributed by atoms with Crippen LogP contribution in [0.25, 0.3) is 0 Å². The second-order valence-electron chi connectivity index (χ2n) is 11.0. The molecule has 0 aliphatic carbocycles. The van der Waals surface area contributed by atoms with Gasteiger partial charge >= 0.3 is 47.8 Å². The second kappa shape index (κ2) is 13.3. The summed E-state index contributed by atoms with van der Waals surface area (Å²) in [5.74, 6) is -5.95. The van der Waals surface area contributed by atoms with Gasteiger partial charge < -0.3 is 28.4 Å². The Morgan fingerprint density at radius 1 is 0.327 bits per heavy atom. The molecular weight excluding hydrogens is 680 g/mol. The van der Waals surface area contributed by atoms with Gasteiger partial charge in [0.2, 0.25) is 0 Å². The van der Waals surface area contributed by atoms with Crippen molar-refractivity contribution >= 4 is 47.8 Å².